The zero-order valence-corrected chi connectivity index (χ0v) is 15.5. The number of ether oxygens (including phenoxy) is 1. The molecule has 2 fully saturated rings. The molecule has 0 saturated carbocycles. The highest BCUT2D eigenvalue weighted by molar-refractivity contribution is 6.08. The van der Waals surface area contributed by atoms with E-state index in [9.17, 15) is 22.8 Å². The number of hydrogen-bond donors (Lipinski definition) is 2. The first-order chi connectivity index (χ1) is 13.8. The van der Waals surface area contributed by atoms with Crippen molar-refractivity contribution in [2.24, 2.45) is 0 Å². The molecule has 2 aromatic rings. The van der Waals surface area contributed by atoms with Gasteiger partial charge < -0.3 is 20.3 Å². The maximum absolute atomic E-state index is 13.1. The van der Waals surface area contributed by atoms with Gasteiger partial charge in [-0.25, -0.2) is 0 Å². The molecule has 0 radical (unpaired) electrons. The zero-order valence-electron chi connectivity index (χ0n) is 15.5. The van der Waals surface area contributed by atoms with Gasteiger partial charge in [0, 0.05) is 19.5 Å². The summed E-state index contributed by atoms with van der Waals surface area (Å²) in [6, 6.07) is 4.29. The lowest BCUT2D eigenvalue weighted by atomic mass is 10.1. The van der Waals surface area contributed by atoms with Crippen LogP contribution in [0.25, 0.3) is 10.9 Å². The van der Waals surface area contributed by atoms with E-state index < -0.39 is 24.7 Å². The maximum Gasteiger partial charge on any atom is 0.408 e. The van der Waals surface area contributed by atoms with E-state index in [-0.39, 0.29) is 23.7 Å². The zero-order chi connectivity index (χ0) is 20.6. The third-order valence-electron chi connectivity index (χ3n) is 4.99. The van der Waals surface area contributed by atoms with Crippen LogP contribution in [-0.4, -0.2) is 60.1 Å². The first-order valence-corrected chi connectivity index (χ1v) is 9.31. The van der Waals surface area contributed by atoms with Crippen LogP contribution in [-0.2, 0) is 20.9 Å². The number of alkyl halides is 3. The molecular formula is C18H20F3N5O3. The molecule has 2 amide bonds. The Morgan fingerprint density at radius 2 is 2.07 bits per heavy atom. The number of halogens is 3. The minimum Gasteiger partial charge on any atom is -0.378 e. The van der Waals surface area contributed by atoms with Gasteiger partial charge in [0.25, 0.3) is 0 Å². The molecule has 29 heavy (non-hydrogen) atoms. The van der Waals surface area contributed by atoms with Gasteiger partial charge in [0.1, 0.15) is 12.6 Å². The molecule has 1 aromatic carbocycles. The van der Waals surface area contributed by atoms with Crippen molar-refractivity contribution in [3.63, 3.8) is 0 Å². The molecule has 2 aliphatic rings. The first-order valence-electron chi connectivity index (χ1n) is 9.31. The average molecular weight is 411 g/mol. The summed E-state index contributed by atoms with van der Waals surface area (Å²) in [6.45, 7) is 0.892. The van der Waals surface area contributed by atoms with Crippen molar-refractivity contribution < 1.29 is 27.5 Å². The van der Waals surface area contributed by atoms with Crippen molar-refractivity contribution >= 4 is 34.2 Å². The summed E-state index contributed by atoms with van der Waals surface area (Å²) in [4.78, 5) is 25.9. The fourth-order valence-electron chi connectivity index (χ4n) is 3.67. The first kappa shape index (κ1) is 19.5. The molecule has 2 aliphatic heterocycles. The Balaban J connectivity index is 1.74. The van der Waals surface area contributed by atoms with Crippen LogP contribution in [0, 0.1) is 0 Å². The van der Waals surface area contributed by atoms with Gasteiger partial charge in [-0.3, -0.25) is 14.3 Å². The molecule has 4 rings (SSSR count). The van der Waals surface area contributed by atoms with Crippen molar-refractivity contribution in [3.8, 4) is 0 Å². The van der Waals surface area contributed by atoms with Crippen LogP contribution in [0.15, 0.2) is 18.2 Å². The second kappa shape index (κ2) is 7.54. The summed E-state index contributed by atoms with van der Waals surface area (Å²) in [6.07, 6.45) is -3.89. The smallest absolute Gasteiger partial charge is 0.378 e. The molecule has 1 atom stereocenters. The fourth-order valence-corrected chi connectivity index (χ4v) is 3.67. The van der Waals surface area contributed by atoms with E-state index >= 15 is 0 Å². The number of amides is 2. The molecule has 2 N–H and O–H groups in total. The number of hydrogen-bond acceptors (Lipinski definition) is 5. The van der Waals surface area contributed by atoms with Crippen molar-refractivity contribution in [3.05, 3.63) is 18.2 Å². The minimum absolute atomic E-state index is 0.0532. The number of morpholine rings is 1. The van der Waals surface area contributed by atoms with Crippen LogP contribution < -0.4 is 15.5 Å². The number of anilines is 2. The molecule has 11 heteroatoms. The Kier molecular flexibility index (Phi) is 5.07. The number of carbonyl (C=O) groups excluding carboxylic acids is 2. The predicted molar refractivity (Wildman–Crippen MR) is 98.6 cm³/mol. The van der Waals surface area contributed by atoms with E-state index in [1.165, 1.54) is 0 Å². The third-order valence-corrected chi connectivity index (χ3v) is 4.99. The number of nitrogens with zero attached hydrogens (tertiary/aromatic N) is 3. The molecule has 2 saturated heterocycles. The van der Waals surface area contributed by atoms with Gasteiger partial charge >= 0.3 is 6.18 Å². The molecule has 0 aliphatic carbocycles. The van der Waals surface area contributed by atoms with Crippen molar-refractivity contribution in [2.75, 3.05) is 36.5 Å². The summed E-state index contributed by atoms with van der Waals surface area (Å²) in [5.41, 5.74) is 0.960. The highest BCUT2D eigenvalue weighted by atomic mass is 19.4. The normalized spacial score (nSPS) is 20.2. The number of carbonyl (C=O) groups is 2. The second-order valence-electron chi connectivity index (χ2n) is 7.04. The van der Waals surface area contributed by atoms with Gasteiger partial charge in [-0.05, 0) is 18.6 Å². The van der Waals surface area contributed by atoms with Crippen molar-refractivity contribution in [1.29, 1.82) is 0 Å². The third kappa shape index (κ3) is 4.14. The molecule has 8 nitrogen and oxygen atoms in total. The SMILES string of the molecule is O=C1CC[C@@H](C(=O)Nc2nn(CC(F)(F)F)c3cccc(N4CCOCC4)c23)N1. The van der Waals surface area contributed by atoms with E-state index in [0.717, 1.165) is 4.68 Å². The van der Waals surface area contributed by atoms with Crippen LogP contribution >= 0.6 is 0 Å². The Morgan fingerprint density at radius 1 is 1.31 bits per heavy atom. The van der Waals surface area contributed by atoms with E-state index in [2.05, 4.69) is 15.7 Å². The summed E-state index contributed by atoms with van der Waals surface area (Å²) < 4.78 is 45.4. The van der Waals surface area contributed by atoms with E-state index in [1.807, 2.05) is 4.90 Å². The molecule has 0 bridgehead atoms. The van der Waals surface area contributed by atoms with Gasteiger partial charge in [0.2, 0.25) is 11.8 Å². The number of benzene rings is 1. The van der Waals surface area contributed by atoms with E-state index in [0.29, 0.717) is 43.8 Å². The lowest BCUT2D eigenvalue weighted by Gasteiger charge is -2.29. The quantitative estimate of drug-likeness (QED) is 0.799. The van der Waals surface area contributed by atoms with Crippen molar-refractivity contribution in [2.45, 2.75) is 31.6 Å². The minimum atomic E-state index is -4.46. The number of fused-ring (bicyclic) bond motifs is 1. The Labute approximate surface area is 164 Å². The summed E-state index contributed by atoms with van der Waals surface area (Å²) in [5, 5.41) is 9.67. The van der Waals surface area contributed by atoms with Gasteiger partial charge in [-0.15, -0.1) is 0 Å². The largest absolute Gasteiger partial charge is 0.408 e. The predicted octanol–water partition coefficient (Wildman–Crippen LogP) is 1.65. The van der Waals surface area contributed by atoms with Gasteiger partial charge in [0.15, 0.2) is 5.82 Å². The van der Waals surface area contributed by atoms with Gasteiger partial charge in [0.05, 0.1) is 29.8 Å². The lowest BCUT2D eigenvalue weighted by Crippen LogP contribution is -2.38. The monoisotopic (exact) mass is 411 g/mol. The molecular weight excluding hydrogens is 391 g/mol. The molecule has 0 spiro atoms. The van der Waals surface area contributed by atoms with E-state index in [4.69, 9.17) is 4.74 Å². The van der Waals surface area contributed by atoms with Crippen molar-refractivity contribution in [1.82, 2.24) is 15.1 Å². The van der Waals surface area contributed by atoms with Gasteiger partial charge in [-0.1, -0.05) is 6.07 Å². The Morgan fingerprint density at radius 3 is 2.72 bits per heavy atom. The second-order valence-corrected chi connectivity index (χ2v) is 7.04. The highest BCUT2D eigenvalue weighted by Crippen LogP contribution is 2.35. The van der Waals surface area contributed by atoms with E-state index in [1.54, 1.807) is 18.2 Å². The standard InChI is InChI=1S/C18H20F3N5O3/c19-18(20,21)10-26-13-3-1-2-12(25-6-8-29-9-7-25)15(13)16(24-26)23-17(28)11-4-5-14(27)22-11/h1-3,11H,4-10H2,(H,22,27)(H,23,24,28)/t11-/m0/s1. The number of nitrogens with one attached hydrogen (secondary N) is 2. The maximum atomic E-state index is 13.1. The summed E-state index contributed by atoms with van der Waals surface area (Å²) in [5.74, 6) is -0.671. The highest BCUT2D eigenvalue weighted by Gasteiger charge is 2.32. The van der Waals surface area contributed by atoms with Gasteiger partial charge in [-0.2, -0.15) is 18.3 Å². The fraction of sp³-hybridized carbons (Fsp3) is 0.500. The molecule has 1 aromatic heterocycles. The molecule has 3 heterocycles. The summed E-state index contributed by atoms with van der Waals surface area (Å²) in [7, 11) is 0. The molecule has 156 valence electrons. The van der Waals surface area contributed by atoms with Crippen LogP contribution in [0.1, 0.15) is 12.8 Å². The molecule has 0 unspecified atom stereocenters. The topological polar surface area (TPSA) is 88.5 Å². The van der Waals surface area contributed by atoms with Crippen LogP contribution in [0.3, 0.4) is 0 Å². The number of rotatable bonds is 4. The summed E-state index contributed by atoms with van der Waals surface area (Å²) >= 11 is 0. The van der Waals surface area contributed by atoms with Crippen LogP contribution in [0.2, 0.25) is 0 Å². The van der Waals surface area contributed by atoms with Crippen LogP contribution in [0.4, 0.5) is 24.7 Å². The lowest BCUT2D eigenvalue weighted by molar-refractivity contribution is -0.141. The van der Waals surface area contributed by atoms with Crippen LogP contribution in [0.5, 0.6) is 0 Å². The Hall–Kier alpha value is -2.82. The number of aromatic nitrogens is 2. The Bertz CT molecular complexity index is 937. The average Bonchev–Trinajstić information content (AvgIpc) is 3.25.